The van der Waals surface area contributed by atoms with Crippen molar-refractivity contribution in [2.24, 2.45) is 4.99 Å². The number of carbonyl (C=O) groups is 1. The minimum absolute atomic E-state index is 0. The molecule has 7 heteroatoms. The molecule has 1 unspecified atom stereocenters. The number of nitrogens with zero attached hydrogens (tertiary/aromatic N) is 1. The minimum Gasteiger partial charge on any atom is -0.355 e. The first-order valence-electron chi connectivity index (χ1n) is 7.55. The maximum absolute atomic E-state index is 11.9. The molecule has 1 aliphatic heterocycles. The van der Waals surface area contributed by atoms with Gasteiger partial charge in [0.2, 0.25) is 5.91 Å². The molecule has 0 radical (unpaired) electrons. The van der Waals surface area contributed by atoms with Crippen LogP contribution in [-0.2, 0) is 4.79 Å². The van der Waals surface area contributed by atoms with Gasteiger partial charge in [0.15, 0.2) is 5.96 Å². The Labute approximate surface area is 159 Å². The lowest BCUT2D eigenvalue weighted by atomic mass is 10.1. The smallest absolute Gasteiger partial charge is 0.243 e. The summed E-state index contributed by atoms with van der Waals surface area (Å²) in [5.41, 5.74) is 0.798. The number of guanidine groups is 1. The van der Waals surface area contributed by atoms with Crippen molar-refractivity contribution in [3.63, 3.8) is 0 Å². The lowest BCUT2D eigenvalue weighted by Gasteiger charge is -2.24. The van der Waals surface area contributed by atoms with Gasteiger partial charge in [0.25, 0.3) is 0 Å². The van der Waals surface area contributed by atoms with E-state index in [0.717, 1.165) is 12.2 Å². The minimum atomic E-state index is -0.0874. The largest absolute Gasteiger partial charge is 0.355 e. The number of aliphatic imine (C=N–C) groups is 1. The van der Waals surface area contributed by atoms with Crippen LogP contribution in [0.5, 0.6) is 0 Å². The van der Waals surface area contributed by atoms with E-state index in [4.69, 9.17) is 0 Å². The summed E-state index contributed by atoms with van der Waals surface area (Å²) in [6.07, 6.45) is 2.49. The molecule has 1 atom stereocenters. The van der Waals surface area contributed by atoms with Crippen LogP contribution in [0.15, 0.2) is 35.3 Å². The van der Waals surface area contributed by atoms with E-state index < -0.39 is 0 Å². The molecular formula is C16H25IN4OS. The molecule has 128 valence electrons. The van der Waals surface area contributed by atoms with Crippen LogP contribution in [0.2, 0.25) is 0 Å². The second-order valence-electron chi connectivity index (χ2n) is 5.60. The molecule has 0 bridgehead atoms. The second-order valence-corrected chi connectivity index (χ2v) is 7.28. The number of halogens is 1. The van der Waals surface area contributed by atoms with Crippen LogP contribution in [0.4, 0.5) is 5.69 Å². The molecule has 3 N–H and O–H groups in total. The van der Waals surface area contributed by atoms with Gasteiger partial charge in [-0.15, -0.1) is 24.0 Å². The van der Waals surface area contributed by atoms with E-state index in [1.807, 2.05) is 42.1 Å². The van der Waals surface area contributed by atoms with Gasteiger partial charge in [-0.3, -0.25) is 9.79 Å². The Hall–Kier alpha value is -0.960. The third-order valence-electron chi connectivity index (χ3n) is 3.63. The summed E-state index contributed by atoms with van der Waals surface area (Å²) < 4.78 is 0.268. The first-order valence-corrected chi connectivity index (χ1v) is 8.53. The van der Waals surface area contributed by atoms with Gasteiger partial charge in [0.05, 0.1) is 6.54 Å². The van der Waals surface area contributed by atoms with Gasteiger partial charge in [0, 0.05) is 24.0 Å². The van der Waals surface area contributed by atoms with Gasteiger partial charge in [-0.05, 0) is 37.7 Å². The molecule has 23 heavy (non-hydrogen) atoms. The van der Waals surface area contributed by atoms with E-state index in [-0.39, 0.29) is 41.2 Å². The fourth-order valence-electron chi connectivity index (χ4n) is 2.36. The summed E-state index contributed by atoms with van der Waals surface area (Å²) in [5.74, 6) is 1.80. The number of benzene rings is 1. The average Bonchev–Trinajstić information content (AvgIpc) is 2.95. The summed E-state index contributed by atoms with van der Waals surface area (Å²) in [6, 6.07) is 9.43. The van der Waals surface area contributed by atoms with Crippen molar-refractivity contribution in [2.45, 2.75) is 24.5 Å². The quantitative estimate of drug-likeness (QED) is 0.368. The summed E-state index contributed by atoms with van der Waals surface area (Å²) in [6.45, 7) is 3.32. The van der Waals surface area contributed by atoms with Crippen LogP contribution in [-0.4, -0.2) is 42.5 Å². The number of hydrogen-bond donors (Lipinski definition) is 3. The van der Waals surface area contributed by atoms with Gasteiger partial charge >= 0.3 is 0 Å². The molecule has 1 aromatic carbocycles. The second kappa shape index (κ2) is 10.0. The number of carbonyl (C=O) groups excluding carboxylic acids is 1. The standard InChI is InChI=1S/C16H24N4OS.HI/c1-16(9-6-10-22-16)12-19-15(17-2)18-11-14(21)20-13-7-4-3-5-8-13;/h3-5,7-8H,6,9-12H2,1-2H3,(H,20,21)(H2,17,18,19);1H. The van der Waals surface area contributed by atoms with Gasteiger partial charge in [-0.25, -0.2) is 0 Å². The zero-order valence-corrected chi connectivity index (χ0v) is 16.7. The Morgan fingerprint density at radius 1 is 1.30 bits per heavy atom. The third-order valence-corrected chi connectivity index (χ3v) is 5.17. The van der Waals surface area contributed by atoms with Crippen molar-refractivity contribution in [1.29, 1.82) is 0 Å². The first-order chi connectivity index (χ1) is 10.6. The Morgan fingerprint density at radius 2 is 2.04 bits per heavy atom. The lowest BCUT2D eigenvalue weighted by Crippen LogP contribution is -2.45. The van der Waals surface area contributed by atoms with Crippen LogP contribution >= 0.6 is 35.7 Å². The molecule has 2 rings (SSSR count). The summed E-state index contributed by atoms with van der Waals surface area (Å²) in [4.78, 5) is 16.1. The fraction of sp³-hybridized carbons (Fsp3) is 0.500. The molecule has 1 heterocycles. The molecule has 1 amide bonds. The van der Waals surface area contributed by atoms with Crippen molar-refractivity contribution in [1.82, 2.24) is 10.6 Å². The maximum Gasteiger partial charge on any atom is 0.243 e. The molecule has 1 aromatic rings. The van der Waals surface area contributed by atoms with Crippen molar-refractivity contribution >= 4 is 53.3 Å². The summed E-state index contributed by atoms with van der Waals surface area (Å²) in [5, 5.41) is 9.20. The first kappa shape index (κ1) is 20.1. The van der Waals surface area contributed by atoms with E-state index >= 15 is 0 Å². The van der Waals surface area contributed by atoms with E-state index in [0.29, 0.717) is 5.96 Å². The highest BCUT2D eigenvalue weighted by molar-refractivity contribution is 14.0. The van der Waals surface area contributed by atoms with E-state index in [9.17, 15) is 4.79 Å². The van der Waals surface area contributed by atoms with Crippen LogP contribution in [0.3, 0.4) is 0 Å². The van der Waals surface area contributed by atoms with E-state index in [1.54, 1.807) is 7.05 Å². The number of hydrogen-bond acceptors (Lipinski definition) is 3. The van der Waals surface area contributed by atoms with Crippen molar-refractivity contribution in [3.8, 4) is 0 Å². The Morgan fingerprint density at radius 3 is 2.65 bits per heavy atom. The highest BCUT2D eigenvalue weighted by Gasteiger charge is 2.29. The van der Waals surface area contributed by atoms with Crippen LogP contribution < -0.4 is 16.0 Å². The number of anilines is 1. The monoisotopic (exact) mass is 448 g/mol. The Kier molecular flexibility index (Phi) is 8.75. The highest BCUT2D eigenvalue weighted by Crippen LogP contribution is 2.36. The lowest BCUT2D eigenvalue weighted by molar-refractivity contribution is -0.115. The molecule has 5 nitrogen and oxygen atoms in total. The molecule has 1 saturated heterocycles. The van der Waals surface area contributed by atoms with Gasteiger partial charge in [0.1, 0.15) is 0 Å². The maximum atomic E-state index is 11.9. The third kappa shape index (κ3) is 6.99. The van der Waals surface area contributed by atoms with Crippen LogP contribution in [0.25, 0.3) is 0 Å². The van der Waals surface area contributed by atoms with E-state index in [1.165, 1.54) is 18.6 Å². The average molecular weight is 448 g/mol. The van der Waals surface area contributed by atoms with Crippen LogP contribution in [0, 0.1) is 0 Å². The van der Waals surface area contributed by atoms with Crippen LogP contribution in [0.1, 0.15) is 19.8 Å². The molecular weight excluding hydrogens is 423 g/mol. The zero-order chi connectivity index (χ0) is 15.8. The predicted molar refractivity (Wildman–Crippen MR) is 110 cm³/mol. The molecule has 0 saturated carbocycles. The molecule has 1 aliphatic rings. The number of para-hydroxylation sites is 1. The summed E-state index contributed by atoms with van der Waals surface area (Å²) in [7, 11) is 1.72. The normalized spacial score (nSPS) is 20.5. The number of thioether (sulfide) groups is 1. The zero-order valence-electron chi connectivity index (χ0n) is 13.6. The van der Waals surface area contributed by atoms with Crippen molar-refractivity contribution < 1.29 is 4.79 Å². The van der Waals surface area contributed by atoms with Gasteiger partial charge < -0.3 is 16.0 Å². The molecule has 0 aromatic heterocycles. The number of rotatable bonds is 5. The number of nitrogens with one attached hydrogen (secondary N) is 3. The molecule has 0 aliphatic carbocycles. The highest BCUT2D eigenvalue weighted by atomic mass is 127. The molecule has 1 fully saturated rings. The fourth-order valence-corrected chi connectivity index (χ4v) is 3.60. The Balaban J connectivity index is 0.00000264. The topological polar surface area (TPSA) is 65.5 Å². The molecule has 0 spiro atoms. The number of amides is 1. The summed E-state index contributed by atoms with van der Waals surface area (Å²) >= 11 is 2.00. The van der Waals surface area contributed by atoms with Crippen molar-refractivity contribution in [3.05, 3.63) is 30.3 Å². The van der Waals surface area contributed by atoms with Gasteiger partial charge in [-0.1, -0.05) is 18.2 Å². The Bertz CT molecular complexity index is 518. The van der Waals surface area contributed by atoms with Gasteiger partial charge in [-0.2, -0.15) is 11.8 Å². The SMILES string of the molecule is CN=C(NCC(=O)Nc1ccccc1)NCC1(C)CCCS1.I. The van der Waals surface area contributed by atoms with Crippen molar-refractivity contribution in [2.75, 3.05) is 31.2 Å². The predicted octanol–water partition coefficient (Wildman–Crippen LogP) is 2.69. The van der Waals surface area contributed by atoms with E-state index in [2.05, 4.69) is 27.9 Å².